The van der Waals surface area contributed by atoms with Crippen LogP contribution in [0.3, 0.4) is 0 Å². The minimum absolute atomic E-state index is 0.219. The first-order chi connectivity index (χ1) is 8.09. The molecule has 0 aromatic rings. The lowest BCUT2D eigenvalue weighted by Crippen LogP contribution is -2.33. The summed E-state index contributed by atoms with van der Waals surface area (Å²) in [5.41, 5.74) is 5.55. The van der Waals surface area contributed by atoms with Crippen molar-refractivity contribution in [2.45, 2.75) is 58.5 Å². The Hall–Kier alpha value is -0.590. The number of hydrogen-bond donors (Lipinski definition) is 1. The number of nitrogens with two attached hydrogens (primary N) is 1. The molecule has 0 saturated heterocycles. The Labute approximate surface area is 105 Å². The van der Waals surface area contributed by atoms with Crippen molar-refractivity contribution >= 4 is 0 Å². The highest BCUT2D eigenvalue weighted by Crippen LogP contribution is 2.27. The molecule has 17 heavy (non-hydrogen) atoms. The highest BCUT2D eigenvalue weighted by molar-refractivity contribution is 4.91. The first kappa shape index (κ1) is 14.5. The summed E-state index contributed by atoms with van der Waals surface area (Å²) in [6.07, 6.45) is 7.17. The quantitative estimate of drug-likeness (QED) is 0.724. The zero-order chi connectivity index (χ0) is 12.7. The Morgan fingerprint density at radius 2 is 2.06 bits per heavy atom. The van der Waals surface area contributed by atoms with Crippen molar-refractivity contribution in [3.8, 4) is 6.07 Å². The first-order valence-electron chi connectivity index (χ1n) is 6.82. The van der Waals surface area contributed by atoms with Gasteiger partial charge >= 0.3 is 0 Å². The Balaban J connectivity index is 2.19. The summed E-state index contributed by atoms with van der Waals surface area (Å²) < 4.78 is 5.94. The summed E-state index contributed by atoms with van der Waals surface area (Å²) in [6.45, 7) is 5.48. The van der Waals surface area contributed by atoms with Gasteiger partial charge in [-0.05, 0) is 52.0 Å². The molecule has 0 aliphatic heterocycles. The predicted molar refractivity (Wildman–Crippen MR) is 69.4 cm³/mol. The predicted octanol–water partition coefficient (Wildman–Crippen LogP) is 2.85. The summed E-state index contributed by atoms with van der Waals surface area (Å²) >= 11 is 0. The number of rotatable bonds is 6. The van der Waals surface area contributed by atoms with E-state index in [1.54, 1.807) is 0 Å². The van der Waals surface area contributed by atoms with Crippen molar-refractivity contribution < 1.29 is 4.74 Å². The Morgan fingerprint density at radius 1 is 1.35 bits per heavy atom. The van der Waals surface area contributed by atoms with Gasteiger partial charge in [-0.15, -0.1) is 0 Å². The van der Waals surface area contributed by atoms with Gasteiger partial charge in [0, 0.05) is 6.61 Å². The van der Waals surface area contributed by atoms with Crippen molar-refractivity contribution in [3.63, 3.8) is 0 Å². The van der Waals surface area contributed by atoms with Gasteiger partial charge in [-0.1, -0.05) is 12.8 Å². The molecule has 1 aliphatic rings. The number of hydrogen-bond acceptors (Lipinski definition) is 3. The fraction of sp³-hybridized carbons (Fsp3) is 0.929. The summed E-state index contributed by atoms with van der Waals surface area (Å²) in [6, 6.07) is 2.32. The fourth-order valence-electron chi connectivity index (χ4n) is 2.47. The van der Waals surface area contributed by atoms with E-state index < -0.39 is 0 Å². The minimum Gasteiger partial charge on any atom is -0.378 e. The second kappa shape index (κ2) is 6.98. The molecule has 1 rings (SSSR count). The van der Waals surface area contributed by atoms with Gasteiger partial charge < -0.3 is 10.5 Å². The van der Waals surface area contributed by atoms with Crippen molar-refractivity contribution in [3.05, 3.63) is 0 Å². The van der Waals surface area contributed by atoms with E-state index in [1.165, 1.54) is 19.3 Å². The van der Waals surface area contributed by atoms with Crippen LogP contribution in [-0.4, -0.2) is 19.3 Å². The zero-order valence-corrected chi connectivity index (χ0v) is 11.2. The molecular weight excluding hydrogens is 212 g/mol. The third kappa shape index (κ3) is 5.06. The van der Waals surface area contributed by atoms with Crippen molar-refractivity contribution in [1.29, 1.82) is 5.26 Å². The number of nitriles is 1. The second-order valence-corrected chi connectivity index (χ2v) is 5.79. The van der Waals surface area contributed by atoms with Crippen LogP contribution in [0.15, 0.2) is 0 Å². The topological polar surface area (TPSA) is 59.0 Å². The summed E-state index contributed by atoms with van der Waals surface area (Å²) in [7, 11) is 0. The largest absolute Gasteiger partial charge is 0.378 e. The molecule has 2 atom stereocenters. The van der Waals surface area contributed by atoms with Crippen LogP contribution >= 0.6 is 0 Å². The minimum atomic E-state index is -0.219. The van der Waals surface area contributed by atoms with Crippen LogP contribution in [-0.2, 0) is 4.74 Å². The van der Waals surface area contributed by atoms with Crippen LogP contribution in [0.5, 0.6) is 0 Å². The van der Waals surface area contributed by atoms with E-state index in [4.69, 9.17) is 15.7 Å². The molecule has 1 aliphatic carbocycles. The lowest BCUT2D eigenvalue weighted by Gasteiger charge is -2.30. The second-order valence-electron chi connectivity index (χ2n) is 5.79. The van der Waals surface area contributed by atoms with Crippen molar-refractivity contribution in [1.82, 2.24) is 0 Å². The molecule has 0 amide bonds. The van der Waals surface area contributed by atoms with E-state index in [9.17, 15) is 0 Å². The molecular formula is C14H26N2O. The molecule has 3 nitrogen and oxygen atoms in total. The third-order valence-corrected chi connectivity index (χ3v) is 3.72. The van der Waals surface area contributed by atoms with E-state index in [-0.39, 0.29) is 5.41 Å². The van der Waals surface area contributed by atoms with E-state index in [0.717, 1.165) is 32.4 Å². The zero-order valence-electron chi connectivity index (χ0n) is 11.2. The van der Waals surface area contributed by atoms with Crippen LogP contribution in [0.4, 0.5) is 0 Å². The Kier molecular flexibility index (Phi) is 5.94. The molecule has 0 aromatic heterocycles. The molecule has 3 heteroatoms. The third-order valence-electron chi connectivity index (χ3n) is 3.72. The molecule has 2 N–H and O–H groups in total. The maximum atomic E-state index is 8.91. The molecule has 2 unspecified atom stereocenters. The summed E-state index contributed by atoms with van der Waals surface area (Å²) in [4.78, 5) is 0. The summed E-state index contributed by atoms with van der Waals surface area (Å²) in [5.74, 6) is 0.549. The van der Waals surface area contributed by atoms with E-state index in [1.807, 2.05) is 13.8 Å². The van der Waals surface area contributed by atoms with Gasteiger partial charge in [-0.3, -0.25) is 0 Å². The molecule has 0 bridgehead atoms. The molecule has 0 aromatic carbocycles. The average Bonchev–Trinajstić information content (AvgIpc) is 2.35. The van der Waals surface area contributed by atoms with Crippen LogP contribution < -0.4 is 5.73 Å². The van der Waals surface area contributed by atoms with Crippen LogP contribution in [0.1, 0.15) is 52.4 Å². The van der Waals surface area contributed by atoms with Crippen molar-refractivity contribution in [2.24, 2.45) is 17.1 Å². The van der Waals surface area contributed by atoms with Gasteiger partial charge in [0.1, 0.15) is 0 Å². The van der Waals surface area contributed by atoms with E-state index in [2.05, 4.69) is 6.07 Å². The lowest BCUT2D eigenvalue weighted by atomic mass is 9.86. The molecule has 0 heterocycles. The van der Waals surface area contributed by atoms with Crippen molar-refractivity contribution in [2.75, 3.05) is 13.2 Å². The normalized spacial score (nSPS) is 25.5. The van der Waals surface area contributed by atoms with Crippen LogP contribution in [0, 0.1) is 22.7 Å². The molecule has 1 saturated carbocycles. The van der Waals surface area contributed by atoms with Gasteiger partial charge in [-0.2, -0.15) is 5.26 Å². The number of ether oxygens (including phenoxy) is 1. The standard InChI is InChI=1S/C14H26N2O/c1-14(2,11-16)8-5-9-17-13-7-4-3-6-12(13)10-15/h12-13H,3-10,15H2,1-2H3. The molecule has 0 spiro atoms. The fourth-order valence-corrected chi connectivity index (χ4v) is 2.47. The van der Waals surface area contributed by atoms with E-state index >= 15 is 0 Å². The maximum absolute atomic E-state index is 8.91. The Bertz CT molecular complexity index is 257. The smallest absolute Gasteiger partial charge is 0.0683 e. The Morgan fingerprint density at radius 3 is 2.71 bits per heavy atom. The van der Waals surface area contributed by atoms with Crippen LogP contribution in [0.25, 0.3) is 0 Å². The van der Waals surface area contributed by atoms with Gasteiger partial charge in [-0.25, -0.2) is 0 Å². The van der Waals surface area contributed by atoms with Gasteiger partial charge in [0.2, 0.25) is 0 Å². The molecule has 1 fully saturated rings. The highest BCUT2D eigenvalue weighted by atomic mass is 16.5. The summed E-state index contributed by atoms with van der Waals surface area (Å²) in [5, 5.41) is 8.91. The SMILES string of the molecule is CC(C)(C#N)CCCOC1CCCCC1CN. The van der Waals surface area contributed by atoms with Gasteiger partial charge in [0.25, 0.3) is 0 Å². The van der Waals surface area contributed by atoms with Crippen LogP contribution in [0.2, 0.25) is 0 Å². The van der Waals surface area contributed by atoms with Gasteiger partial charge in [0.05, 0.1) is 17.6 Å². The molecule has 0 radical (unpaired) electrons. The number of nitrogens with zero attached hydrogens (tertiary/aromatic N) is 1. The highest BCUT2D eigenvalue weighted by Gasteiger charge is 2.24. The maximum Gasteiger partial charge on any atom is 0.0683 e. The lowest BCUT2D eigenvalue weighted by molar-refractivity contribution is -0.0109. The molecule has 98 valence electrons. The van der Waals surface area contributed by atoms with E-state index in [0.29, 0.717) is 12.0 Å². The average molecular weight is 238 g/mol. The van der Waals surface area contributed by atoms with Gasteiger partial charge in [0.15, 0.2) is 0 Å². The monoisotopic (exact) mass is 238 g/mol. The first-order valence-corrected chi connectivity index (χ1v) is 6.82.